The van der Waals surface area contributed by atoms with Crippen LogP contribution in [0.25, 0.3) is 0 Å². The Morgan fingerprint density at radius 3 is 2.09 bits per heavy atom. The molecule has 0 spiro atoms. The van der Waals surface area contributed by atoms with E-state index in [0.29, 0.717) is 11.7 Å². The maximum absolute atomic E-state index is 5.54. The predicted molar refractivity (Wildman–Crippen MR) is 105 cm³/mol. The number of hydrogen-bond donors (Lipinski definition) is 0. The van der Waals surface area contributed by atoms with Crippen LogP contribution in [0.5, 0.6) is 0 Å². The number of methoxy groups -OCH3 is 1. The molecule has 0 amide bonds. The molecule has 3 heteroatoms. The summed E-state index contributed by atoms with van der Waals surface area (Å²) in [6, 6.07) is 0. The van der Waals surface area contributed by atoms with E-state index in [1.54, 1.807) is 7.11 Å². The highest BCUT2D eigenvalue weighted by Crippen LogP contribution is 2.11. The molecule has 0 aliphatic rings. The van der Waals surface area contributed by atoms with E-state index in [9.17, 15) is 0 Å². The second-order valence-corrected chi connectivity index (χ2v) is 6.69. The van der Waals surface area contributed by atoms with Crippen molar-refractivity contribution in [1.29, 1.82) is 0 Å². The number of rotatable bonds is 12. The van der Waals surface area contributed by atoms with Crippen LogP contribution < -0.4 is 0 Å². The van der Waals surface area contributed by atoms with Gasteiger partial charge in [0.2, 0.25) is 0 Å². The molecular weight excluding hydrogens is 304 g/mol. The van der Waals surface area contributed by atoms with E-state index < -0.39 is 0 Å². The Labute approximate surface area is 148 Å². The summed E-state index contributed by atoms with van der Waals surface area (Å²) in [6.45, 7) is 10.00. The van der Waals surface area contributed by atoms with Crippen molar-refractivity contribution in [2.45, 2.75) is 66.2 Å². The molecule has 0 bridgehead atoms. The molecule has 0 unspecified atom stereocenters. The molecule has 0 aromatic carbocycles. The normalized spacial score (nSPS) is 12.2. The smallest absolute Gasteiger partial charge is 0.160 e. The molecule has 0 N–H and O–H groups in total. The van der Waals surface area contributed by atoms with Crippen LogP contribution in [0.15, 0.2) is 34.9 Å². The van der Waals surface area contributed by atoms with Crippen molar-refractivity contribution >= 4 is 17.3 Å². The zero-order chi connectivity index (χ0) is 17.5. The fourth-order valence-electron chi connectivity index (χ4n) is 2.05. The molecule has 2 nitrogen and oxygen atoms in total. The van der Waals surface area contributed by atoms with Crippen LogP contribution >= 0.6 is 12.2 Å². The van der Waals surface area contributed by atoms with Gasteiger partial charge in [-0.2, -0.15) is 0 Å². The summed E-state index contributed by atoms with van der Waals surface area (Å²) < 4.78 is 10.5. The molecule has 0 saturated heterocycles. The molecule has 0 heterocycles. The average molecular weight is 339 g/mol. The molecule has 0 fully saturated rings. The lowest BCUT2D eigenvalue weighted by atomic mass is 10.1. The van der Waals surface area contributed by atoms with E-state index in [1.807, 2.05) is 0 Å². The average Bonchev–Trinajstić information content (AvgIpc) is 2.47. The Balaban J connectivity index is 3.85. The zero-order valence-corrected chi connectivity index (χ0v) is 16.4. The van der Waals surface area contributed by atoms with Gasteiger partial charge in [-0.25, -0.2) is 0 Å². The second kappa shape index (κ2) is 14.6. The van der Waals surface area contributed by atoms with Gasteiger partial charge in [-0.3, -0.25) is 0 Å². The first-order chi connectivity index (χ1) is 11.0. The summed E-state index contributed by atoms with van der Waals surface area (Å²) in [4.78, 5) is 0. The molecule has 0 aliphatic heterocycles. The summed E-state index contributed by atoms with van der Waals surface area (Å²) in [7, 11) is 1.70. The van der Waals surface area contributed by atoms with E-state index in [2.05, 4.69) is 45.9 Å². The molecule has 0 aromatic heterocycles. The Kier molecular flexibility index (Phi) is 14.1. The third-order valence-electron chi connectivity index (χ3n) is 3.53. The first-order valence-electron chi connectivity index (χ1n) is 8.55. The predicted octanol–water partition coefficient (Wildman–Crippen LogP) is 6.18. The van der Waals surface area contributed by atoms with Crippen LogP contribution in [0.3, 0.4) is 0 Å². The minimum absolute atomic E-state index is 0.584. The highest BCUT2D eigenvalue weighted by molar-refractivity contribution is 7.80. The van der Waals surface area contributed by atoms with Gasteiger partial charge in [0.1, 0.15) is 6.61 Å². The van der Waals surface area contributed by atoms with Crippen molar-refractivity contribution in [3.05, 3.63) is 34.9 Å². The Hall–Kier alpha value is -0.930. The van der Waals surface area contributed by atoms with E-state index in [1.165, 1.54) is 16.7 Å². The highest BCUT2D eigenvalue weighted by Gasteiger charge is 1.97. The molecule has 0 radical (unpaired) electrons. The number of hydrogen-bond acceptors (Lipinski definition) is 3. The summed E-state index contributed by atoms with van der Waals surface area (Å²) in [5, 5.41) is 0.682. The molecule has 132 valence electrons. The molecule has 0 aromatic rings. The van der Waals surface area contributed by atoms with Gasteiger partial charge in [-0.15, -0.1) is 0 Å². The van der Waals surface area contributed by atoms with Crippen molar-refractivity contribution in [1.82, 2.24) is 0 Å². The number of ether oxygens (including phenoxy) is 2. The van der Waals surface area contributed by atoms with Crippen LogP contribution in [0.4, 0.5) is 0 Å². The third kappa shape index (κ3) is 15.7. The molecule has 0 rings (SSSR count). The molecule has 0 atom stereocenters. The second-order valence-electron chi connectivity index (χ2n) is 6.24. The standard InChI is InChI=1S/C20H34O2S/c1-17(2)9-6-10-18(3)11-7-12-19(4)14-16-22-20(23)13-8-15-21-5/h9,11,14H,6-8,10,12-13,15-16H2,1-5H3/b18-11+,19-14+. The summed E-state index contributed by atoms with van der Waals surface area (Å²) in [6.07, 6.45) is 13.0. The van der Waals surface area contributed by atoms with E-state index >= 15 is 0 Å². The van der Waals surface area contributed by atoms with Crippen molar-refractivity contribution in [2.24, 2.45) is 0 Å². The van der Waals surface area contributed by atoms with Gasteiger partial charge >= 0.3 is 0 Å². The maximum atomic E-state index is 5.54. The minimum Gasteiger partial charge on any atom is -0.483 e. The first kappa shape index (κ1) is 22.1. The lowest BCUT2D eigenvalue weighted by molar-refractivity contribution is 0.194. The van der Waals surface area contributed by atoms with Crippen LogP contribution in [0.1, 0.15) is 66.2 Å². The van der Waals surface area contributed by atoms with Gasteiger partial charge < -0.3 is 9.47 Å². The topological polar surface area (TPSA) is 18.5 Å². The zero-order valence-electron chi connectivity index (χ0n) is 15.6. The third-order valence-corrected chi connectivity index (χ3v) is 3.85. The van der Waals surface area contributed by atoms with Crippen molar-refractivity contribution in [2.75, 3.05) is 20.3 Å². The lowest BCUT2D eigenvalue weighted by Gasteiger charge is -2.06. The Bertz CT molecular complexity index is 415. The summed E-state index contributed by atoms with van der Waals surface area (Å²) in [5.74, 6) is 0. The molecule has 0 saturated carbocycles. The number of allylic oxidation sites excluding steroid dienone is 5. The van der Waals surface area contributed by atoms with Crippen LogP contribution in [0.2, 0.25) is 0 Å². The molecular formula is C20H34O2S. The van der Waals surface area contributed by atoms with Crippen LogP contribution in [-0.2, 0) is 9.47 Å². The van der Waals surface area contributed by atoms with Gasteiger partial charge in [0.25, 0.3) is 0 Å². The Morgan fingerprint density at radius 2 is 1.48 bits per heavy atom. The fourth-order valence-corrected chi connectivity index (χ4v) is 2.26. The summed E-state index contributed by atoms with van der Waals surface area (Å²) in [5.41, 5.74) is 4.24. The van der Waals surface area contributed by atoms with Crippen molar-refractivity contribution < 1.29 is 9.47 Å². The largest absolute Gasteiger partial charge is 0.483 e. The fraction of sp³-hybridized carbons (Fsp3) is 0.650. The van der Waals surface area contributed by atoms with Gasteiger partial charge in [0, 0.05) is 20.1 Å². The maximum Gasteiger partial charge on any atom is 0.160 e. The molecule has 0 aliphatic carbocycles. The van der Waals surface area contributed by atoms with E-state index in [-0.39, 0.29) is 0 Å². The van der Waals surface area contributed by atoms with Gasteiger partial charge in [-0.1, -0.05) is 28.9 Å². The SMILES string of the molecule is COCCCC(=S)OC/C=C(\C)CC/C=C(\C)CCC=C(C)C. The Morgan fingerprint density at radius 1 is 0.870 bits per heavy atom. The van der Waals surface area contributed by atoms with Gasteiger partial charge in [0.05, 0.1) is 0 Å². The van der Waals surface area contributed by atoms with E-state index in [4.69, 9.17) is 21.7 Å². The quantitative estimate of drug-likeness (QED) is 0.241. The van der Waals surface area contributed by atoms with Crippen molar-refractivity contribution in [3.8, 4) is 0 Å². The monoisotopic (exact) mass is 338 g/mol. The first-order valence-corrected chi connectivity index (χ1v) is 8.95. The highest BCUT2D eigenvalue weighted by atomic mass is 32.1. The minimum atomic E-state index is 0.584. The number of thiocarbonyl (C=S) groups is 1. The van der Waals surface area contributed by atoms with Crippen LogP contribution in [0, 0.1) is 0 Å². The summed E-state index contributed by atoms with van der Waals surface area (Å²) >= 11 is 5.18. The van der Waals surface area contributed by atoms with Crippen molar-refractivity contribution in [3.63, 3.8) is 0 Å². The van der Waals surface area contributed by atoms with E-state index in [0.717, 1.165) is 45.1 Å². The molecule has 23 heavy (non-hydrogen) atoms. The van der Waals surface area contributed by atoms with Gasteiger partial charge in [0.15, 0.2) is 5.05 Å². The lowest BCUT2D eigenvalue weighted by Crippen LogP contribution is -2.03. The van der Waals surface area contributed by atoms with Crippen LogP contribution in [-0.4, -0.2) is 25.4 Å². The van der Waals surface area contributed by atoms with Gasteiger partial charge in [-0.05, 0) is 78.1 Å².